The Balaban J connectivity index is 1.54. The van der Waals surface area contributed by atoms with Gasteiger partial charge in [-0.2, -0.15) is 18.3 Å². The summed E-state index contributed by atoms with van der Waals surface area (Å²) in [5.41, 5.74) is 0.0298. The molecule has 1 fully saturated rings. The Hall–Kier alpha value is -2.46. The topological polar surface area (TPSA) is 89.7 Å². The molecule has 0 aromatic heterocycles. The van der Waals surface area contributed by atoms with Crippen molar-refractivity contribution in [3.63, 3.8) is 0 Å². The maximum atomic E-state index is 13.5. The molecule has 0 aliphatic carbocycles. The van der Waals surface area contributed by atoms with Gasteiger partial charge in [0.05, 0.1) is 48.3 Å². The van der Waals surface area contributed by atoms with Gasteiger partial charge in [0.15, 0.2) is 0 Å². The maximum Gasteiger partial charge on any atom is 0.407 e. The molecule has 1 N–H and O–H groups in total. The molecule has 0 bridgehead atoms. The smallest absolute Gasteiger partial charge is 0.356 e. The minimum Gasteiger partial charge on any atom is -0.356 e. The fourth-order valence-electron chi connectivity index (χ4n) is 5.89. The molecule has 1 saturated heterocycles. The number of nitrogens with zero attached hydrogens (tertiary/aromatic N) is 5. The molecule has 8 nitrogen and oxygen atoms in total. The standard InChI is InChI=1S/C23H33F3N6O2/c1-5-28-20(33)15-7-14(8-27-9-15)17-6-13(2)18-19(30-17)22(3,4)32(21(18)34)16-10-29-31(11-16)12-23(24,25)26/h8,10,13-18H,5-7,9,11-12H2,1-4H3,(H,28,33). The van der Waals surface area contributed by atoms with Crippen LogP contribution in [0.15, 0.2) is 15.1 Å². The number of rotatable bonds is 5. The van der Waals surface area contributed by atoms with Gasteiger partial charge in [-0.1, -0.05) is 6.92 Å². The highest BCUT2D eigenvalue weighted by Gasteiger charge is 2.57. The lowest BCUT2D eigenvalue weighted by Gasteiger charge is -2.38. The first-order chi connectivity index (χ1) is 15.9. The number of fused-ring (bicyclic) bond motifs is 1. The van der Waals surface area contributed by atoms with Gasteiger partial charge >= 0.3 is 6.18 Å². The molecule has 2 amide bonds. The number of amides is 2. The van der Waals surface area contributed by atoms with Crippen molar-refractivity contribution in [2.75, 3.05) is 26.2 Å². The first kappa shape index (κ1) is 24.7. The summed E-state index contributed by atoms with van der Waals surface area (Å²) in [7, 11) is 0. The summed E-state index contributed by atoms with van der Waals surface area (Å²) in [4.78, 5) is 37.0. The number of aliphatic imine (C=N–C) groups is 2. The van der Waals surface area contributed by atoms with Gasteiger partial charge < -0.3 is 10.2 Å². The SMILES string of the molecule is CCNC(=O)C1CN=CC(C2CC(C)C3C(=O)N(C4C=NN(CC(F)(F)F)C4)C(C)(C)C3=N2)C1. The van der Waals surface area contributed by atoms with Crippen LogP contribution in [0.5, 0.6) is 0 Å². The average molecular weight is 483 g/mol. The van der Waals surface area contributed by atoms with Crippen LogP contribution in [0.4, 0.5) is 13.2 Å². The van der Waals surface area contributed by atoms with Crippen molar-refractivity contribution < 1.29 is 22.8 Å². The number of carbonyl (C=O) groups is 2. The molecule has 6 unspecified atom stereocenters. The molecule has 0 saturated carbocycles. The van der Waals surface area contributed by atoms with E-state index in [4.69, 9.17) is 4.99 Å². The lowest BCUT2D eigenvalue weighted by atomic mass is 9.75. The Morgan fingerprint density at radius 3 is 2.68 bits per heavy atom. The number of alkyl halides is 3. The summed E-state index contributed by atoms with van der Waals surface area (Å²) in [5, 5.41) is 7.74. The van der Waals surface area contributed by atoms with E-state index in [0.29, 0.717) is 25.9 Å². The van der Waals surface area contributed by atoms with Gasteiger partial charge in [0, 0.05) is 24.9 Å². The van der Waals surface area contributed by atoms with Gasteiger partial charge in [0.1, 0.15) is 6.54 Å². The summed E-state index contributed by atoms with van der Waals surface area (Å²) in [6, 6.07) is -0.629. The third-order valence-corrected chi connectivity index (χ3v) is 7.40. The number of hydrazone groups is 1. The Kier molecular flexibility index (Phi) is 6.50. The average Bonchev–Trinajstić information content (AvgIpc) is 3.26. The highest BCUT2D eigenvalue weighted by Crippen LogP contribution is 2.44. The third-order valence-electron chi connectivity index (χ3n) is 7.40. The summed E-state index contributed by atoms with van der Waals surface area (Å²) < 4.78 is 38.5. The zero-order valence-electron chi connectivity index (χ0n) is 20.0. The van der Waals surface area contributed by atoms with E-state index >= 15 is 0 Å². The van der Waals surface area contributed by atoms with Crippen molar-refractivity contribution in [3.8, 4) is 0 Å². The van der Waals surface area contributed by atoms with Gasteiger partial charge in [0.25, 0.3) is 0 Å². The van der Waals surface area contributed by atoms with E-state index in [-0.39, 0.29) is 42.2 Å². The molecule has 188 valence electrons. The van der Waals surface area contributed by atoms with Crippen molar-refractivity contribution in [1.82, 2.24) is 15.2 Å². The monoisotopic (exact) mass is 482 g/mol. The molecule has 34 heavy (non-hydrogen) atoms. The molecule has 4 aliphatic heterocycles. The number of likely N-dealkylation sites (tertiary alicyclic amines) is 1. The predicted octanol–water partition coefficient (Wildman–Crippen LogP) is 2.15. The van der Waals surface area contributed by atoms with E-state index in [9.17, 15) is 22.8 Å². The van der Waals surface area contributed by atoms with Crippen molar-refractivity contribution in [2.45, 2.75) is 64.3 Å². The Bertz CT molecular complexity index is 915. The quantitative estimate of drug-likeness (QED) is 0.651. The zero-order valence-corrected chi connectivity index (χ0v) is 20.0. The number of hydrogen-bond donors (Lipinski definition) is 1. The van der Waals surface area contributed by atoms with E-state index in [2.05, 4.69) is 15.4 Å². The van der Waals surface area contributed by atoms with Gasteiger partial charge in [-0.05, 0) is 39.5 Å². The molecule has 4 heterocycles. The van der Waals surface area contributed by atoms with E-state index in [1.807, 2.05) is 33.9 Å². The number of hydrogen-bond acceptors (Lipinski definition) is 6. The second-order valence-electron chi connectivity index (χ2n) is 10.3. The molecular formula is C23H33F3N6O2. The van der Waals surface area contributed by atoms with Crippen LogP contribution in [0.3, 0.4) is 0 Å². The minimum atomic E-state index is -4.36. The minimum absolute atomic E-state index is 0.00483. The summed E-state index contributed by atoms with van der Waals surface area (Å²) in [6.45, 7) is 7.65. The molecule has 0 aromatic rings. The van der Waals surface area contributed by atoms with Crippen LogP contribution in [0, 0.1) is 23.7 Å². The zero-order chi connectivity index (χ0) is 24.8. The van der Waals surface area contributed by atoms with Crippen molar-refractivity contribution in [3.05, 3.63) is 0 Å². The summed E-state index contributed by atoms with van der Waals surface area (Å²) in [5.74, 6) is -0.643. The Morgan fingerprint density at radius 2 is 2.00 bits per heavy atom. The predicted molar refractivity (Wildman–Crippen MR) is 123 cm³/mol. The molecule has 4 aliphatic rings. The normalized spacial score (nSPS) is 34.9. The van der Waals surface area contributed by atoms with E-state index in [0.717, 1.165) is 10.7 Å². The first-order valence-corrected chi connectivity index (χ1v) is 12.0. The first-order valence-electron chi connectivity index (χ1n) is 12.0. The second kappa shape index (κ2) is 8.96. The van der Waals surface area contributed by atoms with E-state index < -0.39 is 30.2 Å². The van der Waals surface area contributed by atoms with Crippen LogP contribution in [0.2, 0.25) is 0 Å². The molecule has 0 radical (unpaired) electrons. The van der Waals surface area contributed by atoms with Crippen LogP contribution in [-0.2, 0) is 9.59 Å². The Morgan fingerprint density at radius 1 is 1.26 bits per heavy atom. The van der Waals surface area contributed by atoms with Gasteiger partial charge in [0.2, 0.25) is 11.8 Å². The van der Waals surface area contributed by atoms with Crippen molar-refractivity contribution in [2.24, 2.45) is 38.8 Å². The van der Waals surface area contributed by atoms with Crippen molar-refractivity contribution >= 4 is 30.0 Å². The number of nitrogens with one attached hydrogen (secondary N) is 1. The lowest BCUT2D eigenvalue weighted by Crippen LogP contribution is -2.53. The van der Waals surface area contributed by atoms with E-state index in [1.54, 1.807) is 4.90 Å². The molecule has 0 aromatic carbocycles. The van der Waals surface area contributed by atoms with Crippen LogP contribution in [-0.4, -0.2) is 89.8 Å². The van der Waals surface area contributed by atoms with Crippen LogP contribution >= 0.6 is 0 Å². The van der Waals surface area contributed by atoms with Crippen LogP contribution in [0.1, 0.15) is 40.5 Å². The Labute approximate surface area is 197 Å². The van der Waals surface area contributed by atoms with Crippen LogP contribution in [0.25, 0.3) is 0 Å². The fourth-order valence-corrected chi connectivity index (χ4v) is 5.89. The van der Waals surface area contributed by atoms with E-state index in [1.165, 1.54) is 6.21 Å². The lowest BCUT2D eigenvalue weighted by molar-refractivity contribution is -0.146. The molecular weight excluding hydrogens is 449 g/mol. The maximum absolute atomic E-state index is 13.5. The largest absolute Gasteiger partial charge is 0.407 e. The number of carbonyl (C=O) groups excluding carboxylic acids is 2. The molecule has 0 spiro atoms. The number of halogens is 3. The third kappa shape index (κ3) is 4.57. The molecule has 4 rings (SSSR count). The van der Waals surface area contributed by atoms with Gasteiger partial charge in [-0.25, -0.2) is 0 Å². The van der Waals surface area contributed by atoms with Gasteiger partial charge in [-0.15, -0.1) is 0 Å². The molecule has 6 atom stereocenters. The second-order valence-corrected chi connectivity index (χ2v) is 10.3. The van der Waals surface area contributed by atoms with Gasteiger partial charge in [-0.3, -0.25) is 24.6 Å². The highest BCUT2D eigenvalue weighted by molar-refractivity contribution is 6.16. The summed E-state index contributed by atoms with van der Waals surface area (Å²) in [6.07, 6.45) is 0.341. The molecule has 11 heteroatoms. The van der Waals surface area contributed by atoms with Crippen LogP contribution < -0.4 is 5.32 Å². The fraction of sp³-hybridized carbons (Fsp3) is 0.783. The highest BCUT2D eigenvalue weighted by atomic mass is 19.4. The summed E-state index contributed by atoms with van der Waals surface area (Å²) >= 11 is 0. The van der Waals surface area contributed by atoms with Crippen molar-refractivity contribution in [1.29, 1.82) is 0 Å².